The minimum atomic E-state index is -4.63. The molecule has 0 N–H and O–H groups in total. The molecule has 7 nitrogen and oxygen atoms in total. The van der Waals surface area contributed by atoms with E-state index < -0.39 is 29.6 Å². The average molecular weight is 378 g/mol. The molecule has 3 heterocycles. The van der Waals surface area contributed by atoms with Crippen molar-refractivity contribution in [1.29, 1.82) is 0 Å². The Balaban J connectivity index is 1.71. The van der Waals surface area contributed by atoms with Crippen molar-refractivity contribution in [2.24, 2.45) is 0 Å². The van der Waals surface area contributed by atoms with Crippen LogP contribution >= 0.6 is 0 Å². The van der Waals surface area contributed by atoms with E-state index in [0.717, 1.165) is 4.57 Å². The van der Waals surface area contributed by atoms with Gasteiger partial charge in [0.1, 0.15) is 11.1 Å². The third-order valence-electron chi connectivity index (χ3n) is 4.57. The van der Waals surface area contributed by atoms with E-state index in [2.05, 4.69) is 10.2 Å². The maximum Gasteiger partial charge on any atom is 0.451 e. The van der Waals surface area contributed by atoms with E-state index in [9.17, 15) is 22.8 Å². The zero-order chi connectivity index (χ0) is 19.3. The van der Waals surface area contributed by atoms with Crippen LogP contribution in [-0.2, 0) is 12.7 Å². The molecule has 1 atom stereocenters. The van der Waals surface area contributed by atoms with Gasteiger partial charge in [0.2, 0.25) is 5.82 Å². The van der Waals surface area contributed by atoms with Gasteiger partial charge in [-0.15, -0.1) is 10.2 Å². The molecule has 0 aliphatic carbocycles. The van der Waals surface area contributed by atoms with E-state index >= 15 is 0 Å². The summed E-state index contributed by atoms with van der Waals surface area (Å²) in [4.78, 5) is 26.4. The van der Waals surface area contributed by atoms with Crippen molar-refractivity contribution in [1.82, 2.24) is 19.7 Å². The van der Waals surface area contributed by atoms with Crippen molar-refractivity contribution in [3.63, 3.8) is 0 Å². The fraction of sp³-hybridized carbons (Fsp3) is 0.294. The Kier molecular flexibility index (Phi) is 3.79. The molecule has 1 aliphatic rings. The lowest BCUT2D eigenvalue weighted by molar-refractivity contribution is -0.148. The van der Waals surface area contributed by atoms with E-state index in [0.29, 0.717) is 11.0 Å². The van der Waals surface area contributed by atoms with Crippen LogP contribution in [0.2, 0.25) is 0 Å². The molecular formula is C17H13F3N4O3. The predicted molar refractivity (Wildman–Crippen MR) is 87.0 cm³/mol. The Morgan fingerprint density at radius 2 is 1.96 bits per heavy atom. The molecule has 140 valence electrons. The molecule has 1 aliphatic heterocycles. The number of carbonyl (C=O) groups is 1. The van der Waals surface area contributed by atoms with E-state index in [4.69, 9.17) is 4.42 Å². The predicted octanol–water partition coefficient (Wildman–Crippen LogP) is 2.62. The summed E-state index contributed by atoms with van der Waals surface area (Å²) in [5.74, 6) is -1.70. The number of hydrogen-bond acceptors (Lipinski definition) is 5. The summed E-state index contributed by atoms with van der Waals surface area (Å²) in [6.07, 6.45) is -4.63. The zero-order valence-corrected chi connectivity index (χ0v) is 14.0. The highest BCUT2D eigenvalue weighted by molar-refractivity contribution is 5.96. The molecule has 4 rings (SSSR count). The molecule has 0 spiro atoms. The number of halogens is 3. The molecule has 2 aromatic heterocycles. The third-order valence-corrected chi connectivity index (χ3v) is 4.57. The van der Waals surface area contributed by atoms with Gasteiger partial charge in [0, 0.05) is 18.5 Å². The van der Waals surface area contributed by atoms with Crippen LogP contribution in [0.25, 0.3) is 11.0 Å². The van der Waals surface area contributed by atoms with Crippen molar-refractivity contribution < 1.29 is 22.4 Å². The number of nitrogens with zero attached hydrogens (tertiary/aromatic N) is 4. The van der Waals surface area contributed by atoms with Crippen LogP contribution in [0.15, 0.2) is 39.5 Å². The molecular weight excluding hydrogens is 365 g/mol. The first kappa shape index (κ1) is 17.3. The molecule has 1 amide bonds. The summed E-state index contributed by atoms with van der Waals surface area (Å²) >= 11 is 0. The maximum atomic E-state index is 13.0. The van der Waals surface area contributed by atoms with Crippen LogP contribution in [-0.4, -0.2) is 32.1 Å². The van der Waals surface area contributed by atoms with Crippen molar-refractivity contribution in [2.45, 2.75) is 25.7 Å². The highest BCUT2D eigenvalue weighted by Gasteiger charge is 2.42. The second-order valence-corrected chi connectivity index (χ2v) is 6.19. The zero-order valence-electron chi connectivity index (χ0n) is 14.0. The first-order valence-electron chi connectivity index (χ1n) is 8.11. The Bertz CT molecular complexity index is 1100. The lowest BCUT2D eigenvalue weighted by Gasteiger charge is -2.33. The monoisotopic (exact) mass is 378 g/mol. The summed E-state index contributed by atoms with van der Waals surface area (Å²) in [6.45, 7) is 1.41. The molecule has 10 heteroatoms. The normalized spacial score (nSPS) is 17.2. The molecule has 3 aromatic rings. The second-order valence-electron chi connectivity index (χ2n) is 6.19. The highest BCUT2D eigenvalue weighted by atomic mass is 19.4. The van der Waals surface area contributed by atoms with Gasteiger partial charge in [-0.1, -0.05) is 18.2 Å². The lowest BCUT2D eigenvalue weighted by atomic mass is 10.1. The molecule has 27 heavy (non-hydrogen) atoms. The minimum absolute atomic E-state index is 0.0135. The van der Waals surface area contributed by atoms with Crippen LogP contribution in [0.5, 0.6) is 0 Å². The Hall–Kier alpha value is -3.17. The molecule has 0 bridgehead atoms. The second kappa shape index (κ2) is 5.93. The number of fused-ring (bicyclic) bond motifs is 2. The van der Waals surface area contributed by atoms with Gasteiger partial charge in [-0.3, -0.25) is 4.79 Å². The van der Waals surface area contributed by atoms with Crippen molar-refractivity contribution in [3.05, 3.63) is 58.0 Å². The average Bonchev–Trinajstić information content (AvgIpc) is 3.06. The fourth-order valence-corrected chi connectivity index (χ4v) is 3.24. The SMILES string of the molecule is CC1c2nnc(C(F)(F)F)n2CCN1C(=O)c1cc2ccccc2oc1=O. The van der Waals surface area contributed by atoms with Gasteiger partial charge in [0.25, 0.3) is 5.91 Å². The Labute approximate surface area is 150 Å². The maximum absolute atomic E-state index is 13.0. The standard InChI is InChI=1S/C17H13F3N4O3/c1-9-13-21-22-16(17(18,19)20)24(13)7-6-23(9)14(25)11-8-10-4-2-3-5-12(10)27-15(11)26/h2-5,8-9H,6-7H2,1H3. The summed E-state index contributed by atoms with van der Waals surface area (Å²) < 4.78 is 45.1. The molecule has 1 aromatic carbocycles. The van der Waals surface area contributed by atoms with Crippen molar-refractivity contribution >= 4 is 16.9 Å². The quantitative estimate of drug-likeness (QED) is 0.608. The first-order valence-corrected chi connectivity index (χ1v) is 8.11. The molecule has 0 saturated carbocycles. The Morgan fingerprint density at radius 1 is 1.22 bits per heavy atom. The largest absolute Gasteiger partial charge is 0.451 e. The van der Waals surface area contributed by atoms with Crippen LogP contribution in [0.4, 0.5) is 13.2 Å². The number of amides is 1. The van der Waals surface area contributed by atoms with Crippen LogP contribution in [0.1, 0.15) is 35.0 Å². The van der Waals surface area contributed by atoms with Crippen LogP contribution in [0, 0.1) is 0 Å². The van der Waals surface area contributed by atoms with E-state index in [1.165, 1.54) is 11.0 Å². The van der Waals surface area contributed by atoms with Crippen molar-refractivity contribution in [2.75, 3.05) is 6.54 Å². The number of alkyl halides is 3. The van der Waals surface area contributed by atoms with E-state index in [1.807, 2.05) is 0 Å². The topological polar surface area (TPSA) is 81.2 Å². The lowest BCUT2D eigenvalue weighted by Crippen LogP contribution is -2.43. The van der Waals surface area contributed by atoms with E-state index in [-0.39, 0.29) is 24.5 Å². The third kappa shape index (κ3) is 2.77. The minimum Gasteiger partial charge on any atom is -0.422 e. The van der Waals surface area contributed by atoms with E-state index in [1.54, 1.807) is 31.2 Å². The first-order chi connectivity index (χ1) is 12.8. The van der Waals surface area contributed by atoms with Gasteiger partial charge < -0.3 is 13.9 Å². The van der Waals surface area contributed by atoms with Gasteiger partial charge in [-0.05, 0) is 19.1 Å². The Morgan fingerprint density at radius 3 is 2.70 bits per heavy atom. The number of para-hydroxylation sites is 1. The smallest absolute Gasteiger partial charge is 0.422 e. The van der Waals surface area contributed by atoms with Crippen molar-refractivity contribution in [3.8, 4) is 0 Å². The highest BCUT2D eigenvalue weighted by Crippen LogP contribution is 2.33. The molecule has 0 saturated heterocycles. The van der Waals surface area contributed by atoms with Crippen LogP contribution in [0.3, 0.4) is 0 Å². The van der Waals surface area contributed by atoms with Gasteiger partial charge in [0.05, 0.1) is 6.04 Å². The van der Waals surface area contributed by atoms with Gasteiger partial charge >= 0.3 is 11.8 Å². The van der Waals surface area contributed by atoms with Gasteiger partial charge in [-0.2, -0.15) is 13.2 Å². The molecule has 0 fully saturated rings. The number of benzene rings is 1. The summed E-state index contributed by atoms with van der Waals surface area (Å²) in [5, 5.41) is 7.39. The van der Waals surface area contributed by atoms with Gasteiger partial charge in [-0.25, -0.2) is 4.79 Å². The molecule has 0 radical (unpaired) electrons. The molecule has 1 unspecified atom stereocenters. The number of carbonyl (C=O) groups excluding carboxylic acids is 1. The summed E-state index contributed by atoms with van der Waals surface area (Å²) in [6, 6.07) is 7.39. The number of rotatable bonds is 1. The number of hydrogen-bond donors (Lipinski definition) is 0. The van der Waals surface area contributed by atoms with Gasteiger partial charge in [0.15, 0.2) is 5.82 Å². The van der Waals surface area contributed by atoms with Crippen LogP contribution < -0.4 is 5.63 Å². The number of aromatic nitrogens is 3. The summed E-state index contributed by atoms with van der Waals surface area (Å²) in [5.41, 5.74) is -0.626. The summed E-state index contributed by atoms with van der Waals surface area (Å²) in [7, 11) is 0. The fourth-order valence-electron chi connectivity index (χ4n) is 3.24.